The van der Waals surface area contributed by atoms with E-state index in [-0.39, 0.29) is 0 Å². The lowest BCUT2D eigenvalue weighted by atomic mass is 9.62. The van der Waals surface area contributed by atoms with Gasteiger partial charge in [0.25, 0.3) is 0 Å². The SMILES string of the molecule is c1ccc(-c2ccc3c(c2)Oc2ccccc2C32c3ccccc3Oc3cc(-n4c5ccccc5c5cccnc54)ccc32)cc1. The number of nitrogens with zero attached hydrogens (tertiary/aromatic N) is 2. The normalized spacial score (nSPS) is 15.8. The maximum absolute atomic E-state index is 6.82. The van der Waals surface area contributed by atoms with Gasteiger partial charge in [-0.15, -0.1) is 0 Å². The minimum atomic E-state index is -0.652. The quantitative estimate of drug-likeness (QED) is 0.201. The molecule has 1 spiro atoms. The van der Waals surface area contributed by atoms with Gasteiger partial charge in [0.05, 0.1) is 16.6 Å². The molecule has 216 valence electrons. The van der Waals surface area contributed by atoms with E-state index in [9.17, 15) is 0 Å². The molecule has 6 aromatic carbocycles. The fourth-order valence-corrected chi connectivity index (χ4v) is 7.67. The Kier molecular flexibility index (Phi) is 5.17. The summed E-state index contributed by atoms with van der Waals surface area (Å²) in [6.07, 6.45) is 1.86. The van der Waals surface area contributed by atoms with E-state index < -0.39 is 5.41 Å². The fraction of sp³-hybridized carbons (Fsp3) is 0.0238. The van der Waals surface area contributed by atoms with Gasteiger partial charge in [0.15, 0.2) is 0 Å². The number of benzene rings is 6. The molecule has 10 rings (SSSR count). The zero-order chi connectivity index (χ0) is 30.2. The van der Waals surface area contributed by atoms with Crippen LogP contribution >= 0.6 is 0 Å². The van der Waals surface area contributed by atoms with Gasteiger partial charge in [0.1, 0.15) is 28.6 Å². The first-order chi connectivity index (χ1) is 22.8. The molecule has 0 radical (unpaired) electrons. The first-order valence-electron chi connectivity index (χ1n) is 15.5. The molecule has 2 aliphatic heterocycles. The Hall–Kier alpha value is -6.13. The Bertz CT molecular complexity index is 2430. The summed E-state index contributed by atoms with van der Waals surface area (Å²) in [5, 5.41) is 2.30. The lowest BCUT2D eigenvalue weighted by Gasteiger charge is -2.45. The van der Waals surface area contributed by atoms with Gasteiger partial charge in [-0.1, -0.05) is 103 Å². The molecular weight excluding hydrogens is 564 g/mol. The lowest BCUT2D eigenvalue weighted by Crippen LogP contribution is -2.36. The predicted octanol–water partition coefficient (Wildman–Crippen LogP) is 10.4. The smallest absolute Gasteiger partial charge is 0.145 e. The molecule has 0 saturated heterocycles. The highest BCUT2D eigenvalue weighted by molar-refractivity contribution is 6.07. The molecule has 4 heteroatoms. The van der Waals surface area contributed by atoms with E-state index >= 15 is 0 Å². The molecule has 0 bridgehead atoms. The molecule has 4 nitrogen and oxygen atoms in total. The second-order valence-electron chi connectivity index (χ2n) is 11.9. The second kappa shape index (κ2) is 9.43. The highest BCUT2D eigenvalue weighted by atomic mass is 16.5. The Morgan fingerprint density at radius 3 is 1.85 bits per heavy atom. The molecule has 1 atom stereocenters. The van der Waals surface area contributed by atoms with Crippen molar-refractivity contribution in [3.05, 3.63) is 180 Å². The van der Waals surface area contributed by atoms with Crippen molar-refractivity contribution in [3.8, 4) is 39.8 Å². The van der Waals surface area contributed by atoms with Crippen molar-refractivity contribution < 1.29 is 9.47 Å². The van der Waals surface area contributed by atoms with Gasteiger partial charge in [0.2, 0.25) is 0 Å². The number of fused-ring (bicyclic) bond motifs is 11. The topological polar surface area (TPSA) is 36.3 Å². The zero-order valence-electron chi connectivity index (χ0n) is 24.7. The van der Waals surface area contributed by atoms with E-state index in [0.717, 1.165) is 78.6 Å². The molecule has 8 aromatic rings. The van der Waals surface area contributed by atoms with Gasteiger partial charge >= 0.3 is 0 Å². The van der Waals surface area contributed by atoms with Crippen LogP contribution in [0.4, 0.5) is 0 Å². The summed E-state index contributed by atoms with van der Waals surface area (Å²) in [5.41, 5.74) is 9.00. The molecule has 46 heavy (non-hydrogen) atoms. The standard InChI is InChI=1S/C42H26N2O2/c1-2-11-27(12-3-1)28-20-22-34-39(25-28)45-37-18-8-5-15-32(37)42(34)33-16-6-9-19-38(33)46-40-26-29(21-23-35(40)42)44-36-17-7-4-13-30(36)31-14-10-24-43-41(31)44/h1-26H. The highest BCUT2D eigenvalue weighted by Crippen LogP contribution is 2.61. The average Bonchev–Trinajstić information content (AvgIpc) is 3.46. The maximum Gasteiger partial charge on any atom is 0.145 e. The average molecular weight is 591 g/mol. The summed E-state index contributed by atoms with van der Waals surface area (Å²) in [6.45, 7) is 0. The Morgan fingerprint density at radius 2 is 1.07 bits per heavy atom. The monoisotopic (exact) mass is 590 g/mol. The van der Waals surface area contributed by atoms with E-state index in [1.165, 1.54) is 5.39 Å². The Labute approximate surface area is 265 Å². The van der Waals surface area contributed by atoms with Gasteiger partial charge in [-0.25, -0.2) is 4.98 Å². The number of hydrogen-bond acceptors (Lipinski definition) is 3. The third-order valence-electron chi connectivity index (χ3n) is 9.58. The molecule has 2 aromatic heterocycles. The molecule has 0 aliphatic carbocycles. The third kappa shape index (κ3) is 3.36. The molecule has 0 saturated carbocycles. The van der Waals surface area contributed by atoms with E-state index in [0.29, 0.717) is 0 Å². The van der Waals surface area contributed by atoms with Crippen molar-refractivity contribution in [2.75, 3.05) is 0 Å². The van der Waals surface area contributed by atoms with Crippen molar-refractivity contribution in [2.45, 2.75) is 5.41 Å². The van der Waals surface area contributed by atoms with Crippen LogP contribution in [0.3, 0.4) is 0 Å². The molecule has 1 unspecified atom stereocenters. The van der Waals surface area contributed by atoms with Gasteiger partial charge < -0.3 is 9.47 Å². The van der Waals surface area contributed by atoms with Gasteiger partial charge in [-0.05, 0) is 53.6 Å². The minimum absolute atomic E-state index is 0.652. The first kappa shape index (κ1) is 25.2. The number of ether oxygens (including phenoxy) is 2. The highest BCUT2D eigenvalue weighted by Gasteiger charge is 2.50. The van der Waals surface area contributed by atoms with Crippen molar-refractivity contribution in [1.82, 2.24) is 9.55 Å². The van der Waals surface area contributed by atoms with Gasteiger partial charge in [-0.3, -0.25) is 4.57 Å². The summed E-state index contributed by atoms with van der Waals surface area (Å²) in [5.74, 6) is 3.34. The molecule has 2 aliphatic rings. The van der Waals surface area contributed by atoms with E-state index in [1.54, 1.807) is 0 Å². The largest absolute Gasteiger partial charge is 0.457 e. The van der Waals surface area contributed by atoms with Crippen molar-refractivity contribution in [1.29, 1.82) is 0 Å². The summed E-state index contributed by atoms with van der Waals surface area (Å²) in [6, 6.07) is 53.2. The number of para-hydroxylation sites is 3. The van der Waals surface area contributed by atoms with E-state index in [4.69, 9.17) is 14.5 Å². The van der Waals surface area contributed by atoms with E-state index in [1.807, 2.05) is 30.5 Å². The molecule has 0 N–H and O–H groups in total. The molecule has 4 heterocycles. The number of rotatable bonds is 2. The first-order valence-corrected chi connectivity index (χ1v) is 15.5. The van der Waals surface area contributed by atoms with Crippen molar-refractivity contribution in [2.24, 2.45) is 0 Å². The van der Waals surface area contributed by atoms with Crippen LogP contribution in [-0.4, -0.2) is 9.55 Å². The van der Waals surface area contributed by atoms with Crippen LogP contribution in [0.25, 0.3) is 38.8 Å². The summed E-state index contributed by atoms with van der Waals surface area (Å²) < 4.78 is 15.8. The Morgan fingerprint density at radius 1 is 0.457 bits per heavy atom. The van der Waals surface area contributed by atoms with Crippen LogP contribution in [0.2, 0.25) is 0 Å². The molecule has 0 amide bonds. The summed E-state index contributed by atoms with van der Waals surface area (Å²) in [4.78, 5) is 4.82. The van der Waals surface area contributed by atoms with E-state index in [2.05, 4.69) is 132 Å². The second-order valence-corrected chi connectivity index (χ2v) is 11.9. The van der Waals surface area contributed by atoms with Crippen LogP contribution < -0.4 is 9.47 Å². The van der Waals surface area contributed by atoms with Crippen LogP contribution in [0.5, 0.6) is 23.0 Å². The zero-order valence-corrected chi connectivity index (χ0v) is 24.7. The van der Waals surface area contributed by atoms with Crippen LogP contribution in [-0.2, 0) is 5.41 Å². The summed E-state index contributed by atoms with van der Waals surface area (Å²) >= 11 is 0. The van der Waals surface area contributed by atoms with Crippen LogP contribution in [0.1, 0.15) is 22.3 Å². The number of hydrogen-bond donors (Lipinski definition) is 0. The van der Waals surface area contributed by atoms with Crippen molar-refractivity contribution >= 4 is 21.9 Å². The van der Waals surface area contributed by atoms with Gasteiger partial charge in [-0.2, -0.15) is 0 Å². The Balaban J connectivity index is 1.27. The molecule has 0 fully saturated rings. The number of pyridine rings is 1. The van der Waals surface area contributed by atoms with Crippen molar-refractivity contribution in [3.63, 3.8) is 0 Å². The number of aromatic nitrogens is 2. The minimum Gasteiger partial charge on any atom is -0.457 e. The summed E-state index contributed by atoms with van der Waals surface area (Å²) in [7, 11) is 0. The maximum atomic E-state index is 6.82. The van der Waals surface area contributed by atoms with Gasteiger partial charge in [0, 0.05) is 45.3 Å². The fourth-order valence-electron chi connectivity index (χ4n) is 7.67. The lowest BCUT2D eigenvalue weighted by molar-refractivity contribution is 0.399. The molecular formula is C42H26N2O2. The van der Waals surface area contributed by atoms with Crippen LogP contribution in [0, 0.1) is 0 Å². The van der Waals surface area contributed by atoms with Crippen LogP contribution in [0.15, 0.2) is 158 Å². The third-order valence-corrected chi connectivity index (χ3v) is 9.58. The predicted molar refractivity (Wildman–Crippen MR) is 182 cm³/mol.